The maximum Gasteiger partial charge on any atom is 0.265 e. The molecule has 2 aromatic rings. The molecule has 0 aliphatic heterocycles. The number of aryl methyl sites for hydroxylation is 1. The Morgan fingerprint density at radius 2 is 2.37 bits per heavy atom. The molecule has 0 unspecified atom stereocenters. The summed E-state index contributed by atoms with van der Waals surface area (Å²) in [5.41, 5.74) is 7.56. The Morgan fingerprint density at radius 1 is 1.63 bits per heavy atom. The van der Waals surface area contributed by atoms with Crippen molar-refractivity contribution in [3.8, 4) is 6.07 Å². The molecule has 0 fully saturated rings. The number of nitrogens with zero attached hydrogens (tertiary/aromatic N) is 3. The van der Waals surface area contributed by atoms with E-state index in [1.807, 2.05) is 19.1 Å². The lowest BCUT2D eigenvalue weighted by Crippen LogP contribution is -2.27. The lowest BCUT2D eigenvalue weighted by molar-refractivity contribution is 0.0804. The Bertz CT molecular complexity index is 671. The van der Waals surface area contributed by atoms with Crippen molar-refractivity contribution in [2.45, 2.75) is 13.3 Å². The zero-order chi connectivity index (χ0) is 14.0. The number of pyridine rings is 1. The van der Waals surface area contributed by atoms with Gasteiger partial charge in [0.2, 0.25) is 0 Å². The fourth-order valence-corrected chi connectivity index (χ4v) is 2.99. The number of anilines is 1. The van der Waals surface area contributed by atoms with E-state index in [-0.39, 0.29) is 5.91 Å². The van der Waals surface area contributed by atoms with Crippen molar-refractivity contribution in [1.82, 2.24) is 9.88 Å². The van der Waals surface area contributed by atoms with E-state index < -0.39 is 0 Å². The summed E-state index contributed by atoms with van der Waals surface area (Å²) in [5.74, 6) is -0.157. The molecule has 19 heavy (non-hydrogen) atoms. The van der Waals surface area contributed by atoms with Gasteiger partial charge < -0.3 is 10.6 Å². The van der Waals surface area contributed by atoms with Crippen molar-refractivity contribution in [2.24, 2.45) is 0 Å². The van der Waals surface area contributed by atoms with Crippen LogP contribution in [0.2, 0.25) is 0 Å². The van der Waals surface area contributed by atoms with Gasteiger partial charge in [-0.3, -0.25) is 4.79 Å². The van der Waals surface area contributed by atoms with Gasteiger partial charge in [-0.15, -0.1) is 11.3 Å². The highest BCUT2D eigenvalue weighted by Crippen LogP contribution is 2.34. The highest BCUT2D eigenvalue weighted by Gasteiger charge is 2.20. The van der Waals surface area contributed by atoms with Crippen LogP contribution in [0.3, 0.4) is 0 Å². The van der Waals surface area contributed by atoms with Crippen LogP contribution in [0.15, 0.2) is 12.3 Å². The van der Waals surface area contributed by atoms with Gasteiger partial charge in [-0.2, -0.15) is 5.26 Å². The summed E-state index contributed by atoms with van der Waals surface area (Å²) in [4.78, 5) is 19.3. The predicted molar refractivity (Wildman–Crippen MR) is 76.0 cm³/mol. The molecule has 0 spiro atoms. The Kier molecular flexibility index (Phi) is 3.67. The zero-order valence-corrected chi connectivity index (χ0v) is 11.6. The summed E-state index contributed by atoms with van der Waals surface area (Å²) in [5, 5.41) is 9.40. The number of rotatable bonds is 3. The molecule has 0 aromatic carbocycles. The van der Waals surface area contributed by atoms with Gasteiger partial charge in [0.1, 0.15) is 9.71 Å². The van der Waals surface area contributed by atoms with Crippen LogP contribution in [-0.4, -0.2) is 29.4 Å². The summed E-state index contributed by atoms with van der Waals surface area (Å²) in [7, 11) is 1.67. The Hall–Kier alpha value is -2.13. The van der Waals surface area contributed by atoms with Crippen molar-refractivity contribution >= 4 is 33.1 Å². The van der Waals surface area contributed by atoms with Crippen LogP contribution in [-0.2, 0) is 0 Å². The average molecular weight is 274 g/mol. The topological polar surface area (TPSA) is 83.0 Å². The molecular formula is C13H14N4OS. The number of nitrogen functional groups attached to an aromatic ring is 1. The first-order valence-corrected chi connectivity index (χ1v) is 6.64. The maximum atomic E-state index is 12.3. The Morgan fingerprint density at radius 3 is 3.00 bits per heavy atom. The SMILES string of the molecule is Cc1ccnc2sc(C(=O)N(C)CCC#N)c(N)c12. The number of aromatic nitrogens is 1. The minimum absolute atomic E-state index is 0.157. The predicted octanol–water partition coefficient (Wildman–Crippen LogP) is 2.17. The largest absolute Gasteiger partial charge is 0.397 e. The van der Waals surface area contributed by atoms with Gasteiger partial charge in [-0.05, 0) is 18.6 Å². The molecule has 5 nitrogen and oxygen atoms in total. The highest BCUT2D eigenvalue weighted by atomic mass is 32.1. The summed E-state index contributed by atoms with van der Waals surface area (Å²) in [6, 6.07) is 3.90. The zero-order valence-electron chi connectivity index (χ0n) is 10.8. The number of nitrogens with two attached hydrogens (primary N) is 1. The van der Waals surface area contributed by atoms with Crippen molar-refractivity contribution < 1.29 is 4.79 Å². The summed E-state index contributed by atoms with van der Waals surface area (Å²) >= 11 is 1.30. The maximum absolute atomic E-state index is 12.3. The molecule has 0 radical (unpaired) electrons. The Balaban J connectivity index is 2.41. The number of nitriles is 1. The quantitative estimate of drug-likeness (QED) is 0.929. The normalized spacial score (nSPS) is 10.4. The van der Waals surface area contributed by atoms with E-state index in [0.29, 0.717) is 23.5 Å². The van der Waals surface area contributed by atoms with E-state index in [9.17, 15) is 4.79 Å². The molecular weight excluding hydrogens is 260 g/mol. The molecule has 6 heteroatoms. The van der Waals surface area contributed by atoms with E-state index in [0.717, 1.165) is 15.8 Å². The Labute approximate surface area is 115 Å². The number of hydrogen-bond donors (Lipinski definition) is 1. The number of thiophene rings is 1. The van der Waals surface area contributed by atoms with Crippen LogP contribution < -0.4 is 5.73 Å². The molecule has 1 amide bonds. The van der Waals surface area contributed by atoms with E-state index in [2.05, 4.69) is 4.98 Å². The third-order valence-corrected chi connectivity index (χ3v) is 4.04. The molecule has 2 N–H and O–H groups in total. The van der Waals surface area contributed by atoms with Crippen LogP contribution in [0.25, 0.3) is 10.2 Å². The van der Waals surface area contributed by atoms with Crippen molar-refractivity contribution in [2.75, 3.05) is 19.3 Å². The van der Waals surface area contributed by atoms with E-state index in [1.54, 1.807) is 13.2 Å². The molecule has 2 aromatic heterocycles. The minimum atomic E-state index is -0.157. The van der Waals surface area contributed by atoms with Crippen LogP contribution in [0.1, 0.15) is 21.7 Å². The van der Waals surface area contributed by atoms with Crippen LogP contribution >= 0.6 is 11.3 Å². The third-order valence-electron chi connectivity index (χ3n) is 2.94. The van der Waals surface area contributed by atoms with Crippen LogP contribution in [0, 0.1) is 18.3 Å². The fourth-order valence-electron chi connectivity index (χ4n) is 1.85. The van der Waals surface area contributed by atoms with Gasteiger partial charge in [-0.1, -0.05) is 0 Å². The molecule has 98 valence electrons. The molecule has 0 atom stereocenters. The smallest absolute Gasteiger partial charge is 0.265 e. The van der Waals surface area contributed by atoms with Crippen molar-refractivity contribution in [3.63, 3.8) is 0 Å². The van der Waals surface area contributed by atoms with E-state index in [4.69, 9.17) is 11.0 Å². The summed E-state index contributed by atoms with van der Waals surface area (Å²) in [6.45, 7) is 2.34. The number of amides is 1. The van der Waals surface area contributed by atoms with Crippen molar-refractivity contribution in [3.05, 3.63) is 22.7 Å². The third kappa shape index (κ3) is 2.37. The first-order valence-electron chi connectivity index (χ1n) is 5.82. The standard InChI is InChI=1S/C13H14N4OS/c1-8-4-6-16-12-9(8)10(15)11(19-12)13(18)17(2)7-3-5-14/h4,6H,3,7,15H2,1-2H3. The first-order chi connectivity index (χ1) is 9.06. The number of hydrogen-bond acceptors (Lipinski definition) is 5. The molecule has 0 saturated carbocycles. The van der Waals surface area contributed by atoms with Gasteiger partial charge in [0.05, 0.1) is 18.2 Å². The number of carbonyl (C=O) groups excluding carboxylic acids is 1. The van der Waals surface area contributed by atoms with Crippen LogP contribution in [0.5, 0.6) is 0 Å². The first kappa shape index (κ1) is 13.3. The van der Waals surface area contributed by atoms with Crippen molar-refractivity contribution in [1.29, 1.82) is 5.26 Å². The summed E-state index contributed by atoms with van der Waals surface area (Å²) in [6.07, 6.45) is 2.02. The monoisotopic (exact) mass is 274 g/mol. The fraction of sp³-hybridized carbons (Fsp3) is 0.308. The molecule has 0 aliphatic carbocycles. The van der Waals surface area contributed by atoms with Gasteiger partial charge in [-0.25, -0.2) is 4.98 Å². The second-order valence-electron chi connectivity index (χ2n) is 4.29. The second-order valence-corrected chi connectivity index (χ2v) is 5.29. The van der Waals surface area contributed by atoms with Gasteiger partial charge in [0.25, 0.3) is 5.91 Å². The highest BCUT2D eigenvalue weighted by molar-refractivity contribution is 7.21. The van der Waals surface area contributed by atoms with E-state index >= 15 is 0 Å². The van der Waals surface area contributed by atoms with Gasteiger partial charge >= 0.3 is 0 Å². The second kappa shape index (κ2) is 5.24. The number of carbonyl (C=O) groups is 1. The summed E-state index contributed by atoms with van der Waals surface area (Å²) < 4.78 is 0. The van der Waals surface area contributed by atoms with Gasteiger partial charge in [0, 0.05) is 25.2 Å². The van der Waals surface area contributed by atoms with E-state index in [1.165, 1.54) is 16.2 Å². The van der Waals surface area contributed by atoms with Gasteiger partial charge in [0.15, 0.2) is 0 Å². The lowest BCUT2D eigenvalue weighted by atomic mass is 10.1. The molecule has 2 rings (SSSR count). The minimum Gasteiger partial charge on any atom is -0.397 e. The number of fused-ring (bicyclic) bond motifs is 1. The molecule has 0 saturated heterocycles. The molecule has 0 aliphatic rings. The molecule has 0 bridgehead atoms. The molecule has 2 heterocycles. The average Bonchev–Trinajstić information content (AvgIpc) is 2.73. The lowest BCUT2D eigenvalue weighted by Gasteiger charge is -2.14. The van der Waals surface area contributed by atoms with Crippen LogP contribution in [0.4, 0.5) is 5.69 Å².